The van der Waals surface area contributed by atoms with Crippen LogP contribution >= 0.6 is 0 Å². The van der Waals surface area contributed by atoms with Crippen LogP contribution in [0.2, 0.25) is 0 Å². The zero-order valence-corrected chi connectivity index (χ0v) is 19.4. The molecule has 3 nitrogen and oxygen atoms in total. The predicted molar refractivity (Wildman–Crippen MR) is 126 cm³/mol. The van der Waals surface area contributed by atoms with E-state index in [9.17, 15) is 4.79 Å². The van der Waals surface area contributed by atoms with Gasteiger partial charge in [0.2, 0.25) is 0 Å². The largest absolute Gasteiger partial charge is 0.496 e. The molecule has 0 spiro atoms. The highest BCUT2D eigenvalue weighted by Crippen LogP contribution is 2.62. The predicted octanol–water partition coefficient (Wildman–Crippen LogP) is 6.63. The molecule has 1 aromatic carbocycles. The number of hydrogen-bond acceptors (Lipinski definition) is 3. The molecule has 0 atom stereocenters. The van der Waals surface area contributed by atoms with Crippen molar-refractivity contribution in [3.63, 3.8) is 0 Å². The molecule has 3 heteroatoms. The van der Waals surface area contributed by atoms with E-state index in [1.165, 1.54) is 61.3 Å². The van der Waals surface area contributed by atoms with E-state index in [1.807, 2.05) is 33.1 Å². The van der Waals surface area contributed by atoms with Crippen LogP contribution in [0.3, 0.4) is 0 Å². The van der Waals surface area contributed by atoms with Crippen LogP contribution in [0.25, 0.3) is 5.57 Å². The molecule has 5 rings (SSSR count). The van der Waals surface area contributed by atoms with E-state index in [0.29, 0.717) is 12.0 Å². The maximum Gasteiger partial charge on any atom is 0.330 e. The molecule has 4 aliphatic rings. The van der Waals surface area contributed by atoms with E-state index in [0.717, 1.165) is 29.1 Å². The van der Waals surface area contributed by atoms with E-state index >= 15 is 0 Å². The zero-order chi connectivity index (χ0) is 22.0. The Morgan fingerprint density at radius 3 is 2.32 bits per heavy atom. The van der Waals surface area contributed by atoms with Gasteiger partial charge in [-0.25, -0.2) is 4.79 Å². The SMILES string of the molecule is CCOC(=O)C=C(C)C=CC=C(C)c1ccc(OC)c(C23CC4CC(CC(C4)C2)C3)c1. The fraction of sp³-hybridized carbons (Fsp3) is 0.536. The van der Waals surface area contributed by atoms with Gasteiger partial charge in [-0.15, -0.1) is 0 Å². The number of carbonyl (C=O) groups excluding carboxylic acids is 1. The van der Waals surface area contributed by atoms with Crippen LogP contribution in [-0.4, -0.2) is 19.7 Å². The van der Waals surface area contributed by atoms with Crippen molar-refractivity contribution in [3.8, 4) is 5.75 Å². The molecule has 166 valence electrons. The highest BCUT2D eigenvalue weighted by atomic mass is 16.5. The fourth-order valence-corrected chi connectivity index (χ4v) is 6.67. The fourth-order valence-electron chi connectivity index (χ4n) is 6.67. The van der Waals surface area contributed by atoms with Gasteiger partial charge in [0, 0.05) is 11.6 Å². The Balaban J connectivity index is 1.57. The van der Waals surface area contributed by atoms with Crippen molar-refractivity contribution in [1.82, 2.24) is 0 Å². The maximum atomic E-state index is 11.6. The molecule has 1 aromatic rings. The third kappa shape index (κ3) is 4.66. The topological polar surface area (TPSA) is 35.5 Å². The summed E-state index contributed by atoms with van der Waals surface area (Å²) in [6, 6.07) is 6.73. The lowest BCUT2D eigenvalue weighted by Crippen LogP contribution is -2.48. The van der Waals surface area contributed by atoms with Gasteiger partial charge in [0.15, 0.2) is 0 Å². The van der Waals surface area contributed by atoms with Crippen LogP contribution in [0.15, 0.2) is 48.1 Å². The lowest BCUT2D eigenvalue weighted by molar-refractivity contribution is -0.137. The molecule has 4 bridgehead atoms. The summed E-state index contributed by atoms with van der Waals surface area (Å²) in [7, 11) is 1.81. The van der Waals surface area contributed by atoms with Crippen LogP contribution in [0.1, 0.15) is 70.4 Å². The molecule has 31 heavy (non-hydrogen) atoms. The first kappa shape index (κ1) is 21.9. The van der Waals surface area contributed by atoms with Gasteiger partial charge in [0.25, 0.3) is 0 Å². The summed E-state index contributed by atoms with van der Waals surface area (Å²) in [5.41, 5.74) is 5.09. The van der Waals surface area contributed by atoms with E-state index in [1.54, 1.807) is 0 Å². The number of rotatable bonds is 7. The van der Waals surface area contributed by atoms with Crippen molar-refractivity contribution in [2.45, 2.75) is 64.7 Å². The first-order chi connectivity index (χ1) is 14.9. The molecular weight excluding hydrogens is 384 g/mol. The quantitative estimate of drug-likeness (QED) is 0.282. The second-order valence-corrected chi connectivity index (χ2v) is 9.96. The number of carbonyl (C=O) groups is 1. The minimum atomic E-state index is -0.291. The Morgan fingerprint density at radius 2 is 1.74 bits per heavy atom. The molecule has 4 aliphatic carbocycles. The third-order valence-electron chi connectivity index (χ3n) is 7.60. The first-order valence-corrected chi connectivity index (χ1v) is 11.8. The van der Waals surface area contributed by atoms with E-state index in [-0.39, 0.29) is 5.97 Å². The standard InChI is InChI=1S/C28H36O3/c1-5-31-27(29)11-19(2)7-6-8-20(3)24-9-10-26(30-4)25(15-24)28-16-21-12-22(17-28)14-23(13-21)18-28/h6-11,15,21-23H,5,12-14,16-18H2,1-4H3. The smallest absolute Gasteiger partial charge is 0.330 e. The van der Waals surface area contributed by atoms with Gasteiger partial charge in [-0.3, -0.25) is 0 Å². The number of allylic oxidation sites excluding steroid dienone is 5. The Labute approximate surface area is 187 Å². The van der Waals surface area contributed by atoms with Gasteiger partial charge in [-0.05, 0) is 111 Å². The van der Waals surface area contributed by atoms with E-state index in [2.05, 4.69) is 31.2 Å². The minimum Gasteiger partial charge on any atom is -0.496 e. The van der Waals surface area contributed by atoms with Crippen molar-refractivity contribution in [2.75, 3.05) is 13.7 Å². The summed E-state index contributed by atoms with van der Waals surface area (Å²) in [6.07, 6.45) is 15.9. The first-order valence-electron chi connectivity index (χ1n) is 11.8. The molecule has 0 aromatic heterocycles. The number of hydrogen-bond donors (Lipinski definition) is 0. The minimum absolute atomic E-state index is 0.291. The van der Waals surface area contributed by atoms with Crippen LogP contribution in [-0.2, 0) is 14.9 Å². The number of esters is 1. The van der Waals surface area contributed by atoms with Crippen molar-refractivity contribution in [3.05, 3.63) is 59.2 Å². The van der Waals surface area contributed by atoms with E-state index < -0.39 is 0 Å². The summed E-state index contributed by atoms with van der Waals surface area (Å²) in [5, 5.41) is 0. The van der Waals surface area contributed by atoms with Crippen molar-refractivity contribution >= 4 is 11.5 Å². The number of methoxy groups -OCH3 is 1. The molecule has 0 radical (unpaired) electrons. The monoisotopic (exact) mass is 420 g/mol. The zero-order valence-electron chi connectivity index (χ0n) is 19.4. The summed E-state index contributed by atoms with van der Waals surface area (Å²) in [6.45, 7) is 6.28. The van der Waals surface area contributed by atoms with Gasteiger partial charge in [0.05, 0.1) is 13.7 Å². The molecule has 4 fully saturated rings. The molecule has 0 amide bonds. The number of ether oxygens (including phenoxy) is 2. The van der Waals surface area contributed by atoms with Gasteiger partial charge in [-0.1, -0.05) is 24.3 Å². The average molecular weight is 421 g/mol. The lowest BCUT2D eigenvalue weighted by Gasteiger charge is -2.57. The summed E-state index contributed by atoms with van der Waals surface area (Å²) in [5.74, 6) is 3.50. The van der Waals surface area contributed by atoms with Crippen molar-refractivity contribution in [2.24, 2.45) is 17.8 Å². The summed E-state index contributed by atoms with van der Waals surface area (Å²) >= 11 is 0. The molecular formula is C28H36O3. The van der Waals surface area contributed by atoms with Gasteiger partial charge in [-0.2, -0.15) is 0 Å². The van der Waals surface area contributed by atoms with E-state index in [4.69, 9.17) is 9.47 Å². The molecule has 0 saturated heterocycles. The van der Waals surface area contributed by atoms with Gasteiger partial charge in [0.1, 0.15) is 5.75 Å². The molecule has 4 saturated carbocycles. The summed E-state index contributed by atoms with van der Waals surface area (Å²) < 4.78 is 10.8. The molecule has 0 heterocycles. The lowest BCUT2D eigenvalue weighted by atomic mass is 9.48. The Hall–Kier alpha value is -2.29. The van der Waals surface area contributed by atoms with Gasteiger partial charge >= 0.3 is 5.97 Å². The van der Waals surface area contributed by atoms with Crippen LogP contribution in [0.4, 0.5) is 0 Å². The van der Waals surface area contributed by atoms with Crippen LogP contribution < -0.4 is 4.74 Å². The second kappa shape index (κ2) is 9.06. The van der Waals surface area contributed by atoms with Crippen molar-refractivity contribution in [1.29, 1.82) is 0 Å². The molecule has 0 unspecified atom stereocenters. The average Bonchev–Trinajstić information content (AvgIpc) is 2.72. The summed E-state index contributed by atoms with van der Waals surface area (Å²) in [4.78, 5) is 11.6. The van der Waals surface area contributed by atoms with Crippen LogP contribution in [0, 0.1) is 17.8 Å². The van der Waals surface area contributed by atoms with Crippen LogP contribution in [0.5, 0.6) is 5.75 Å². The van der Waals surface area contributed by atoms with Gasteiger partial charge < -0.3 is 9.47 Å². The maximum absolute atomic E-state index is 11.6. The number of benzene rings is 1. The Kier molecular flexibility index (Phi) is 6.41. The normalized spacial score (nSPS) is 30.1. The molecule has 0 N–H and O–H groups in total. The highest BCUT2D eigenvalue weighted by molar-refractivity contribution is 5.83. The highest BCUT2D eigenvalue weighted by Gasteiger charge is 2.52. The second-order valence-electron chi connectivity index (χ2n) is 9.96. The Morgan fingerprint density at radius 1 is 1.10 bits per heavy atom. The van der Waals surface area contributed by atoms with Crippen molar-refractivity contribution < 1.29 is 14.3 Å². The molecule has 0 aliphatic heterocycles. The third-order valence-corrected chi connectivity index (χ3v) is 7.60. The Bertz CT molecular complexity index is 883.